The lowest BCUT2D eigenvalue weighted by Crippen LogP contribution is -2.50. The number of nitrogens with one attached hydrogen (secondary N) is 1. The van der Waals surface area contributed by atoms with Crippen molar-refractivity contribution in [3.8, 4) is 0 Å². The quantitative estimate of drug-likeness (QED) is 0.800. The summed E-state index contributed by atoms with van der Waals surface area (Å²) in [7, 11) is 0. The first-order valence-corrected chi connectivity index (χ1v) is 9.79. The van der Waals surface area contributed by atoms with Crippen LogP contribution in [-0.2, 0) is 0 Å². The third kappa shape index (κ3) is 4.87. The molecule has 1 aliphatic rings. The Kier molecular flexibility index (Phi) is 6.17. The Bertz CT molecular complexity index is 730. The van der Waals surface area contributed by atoms with Gasteiger partial charge in [-0.3, -0.25) is 19.5 Å². The number of carbonyl (C=O) groups is 2. The van der Waals surface area contributed by atoms with Gasteiger partial charge in [0.15, 0.2) is 0 Å². The highest BCUT2D eigenvalue weighted by Crippen LogP contribution is 2.13. The average molecular weight is 423 g/mol. The fraction of sp³-hybridized carbons (Fsp3) is 0.353. The van der Waals surface area contributed by atoms with Crippen molar-refractivity contribution in [2.24, 2.45) is 0 Å². The molecule has 0 unspecified atom stereocenters. The molecule has 6 nitrogen and oxygen atoms in total. The van der Waals surface area contributed by atoms with Crippen molar-refractivity contribution >= 4 is 39.1 Å². The minimum absolute atomic E-state index is 0.0132. The van der Waals surface area contributed by atoms with Gasteiger partial charge in [-0.1, -0.05) is 0 Å². The molecule has 8 heteroatoms. The maximum absolute atomic E-state index is 12.5. The third-order valence-electron chi connectivity index (χ3n) is 4.11. The molecule has 0 atom stereocenters. The number of rotatable bonds is 5. The second kappa shape index (κ2) is 8.55. The molecule has 1 saturated heterocycles. The van der Waals surface area contributed by atoms with E-state index in [9.17, 15) is 9.59 Å². The molecule has 1 N–H and O–H groups in total. The Hall–Kier alpha value is -1.77. The van der Waals surface area contributed by atoms with Crippen LogP contribution in [0.2, 0.25) is 0 Å². The van der Waals surface area contributed by atoms with Crippen molar-refractivity contribution in [2.45, 2.75) is 0 Å². The minimum Gasteiger partial charge on any atom is -0.351 e. The Morgan fingerprint density at radius 2 is 2.00 bits per heavy atom. The molecule has 2 aromatic heterocycles. The number of hydrogen-bond donors (Lipinski definition) is 1. The van der Waals surface area contributed by atoms with E-state index in [2.05, 4.69) is 31.1 Å². The lowest BCUT2D eigenvalue weighted by atomic mass is 10.2. The van der Waals surface area contributed by atoms with Gasteiger partial charge in [-0.2, -0.15) is 11.3 Å². The van der Waals surface area contributed by atoms with Gasteiger partial charge in [0.1, 0.15) is 0 Å². The van der Waals surface area contributed by atoms with Crippen LogP contribution < -0.4 is 5.32 Å². The van der Waals surface area contributed by atoms with Gasteiger partial charge in [-0.15, -0.1) is 0 Å². The number of piperazine rings is 1. The highest BCUT2D eigenvalue weighted by atomic mass is 79.9. The number of pyridine rings is 1. The molecule has 3 rings (SSSR count). The van der Waals surface area contributed by atoms with Gasteiger partial charge in [0, 0.05) is 67.1 Å². The largest absolute Gasteiger partial charge is 0.351 e. The molecule has 0 bridgehead atoms. The van der Waals surface area contributed by atoms with Crippen molar-refractivity contribution in [1.29, 1.82) is 0 Å². The second-order valence-corrected chi connectivity index (χ2v) is 7.49. The van der Waals surface area contributed by atoms with Gasteiger partial charge in [0.25, 0.3) is 11.8 Å². The lowest BCUT2D eigenvalue weighted by molar-refractivity contribution is 0.0637. The molecule has 0 aromatic carbocycles. The van der Waals surface area contributed by atoms with Gasteiger partial charge in [0.2, 0.25) is 0 Å². The fourth-order valence-corrected chi connectivity index (χ4v) is 3.71. The second-order valence-electron chi connectivity index (χ2n) is 5.79. The molecule has 1 fully saturated rings. The van der Waals surface area contributed by atoms with Crippen LogP contribution in [0.5, 0.6) is 0 Å². The van der Waals surface area contributed by atoms with Crippen LogP contribution in [0.25, 0.3) is 0 Å². The van der Waals surface area contributed by atoms with E-state index in [1.165, 1.54) is 11.3 Å². The summed E-state index contributed by atoms with van der Waals surface area (Å²) in [4.78, 5) is 32.5. The zero-order chi connectivity index (χ0) is 17.6. The van der Waals surface area contributed by atoms with E-state index < -0.39 is 0 Å². The highest BCUT2D eigenvalue weighted by Gasteiger charge is 2.22. The molecule has 3 heterocycles. The molecule has 0 spiro atoms. The van der Waals surface area contributed by atoms with Crippen LogP contribution in [0.1, 0.15) is 20.7 Å². The van der Waals surface area contributed by atoms with Crippen molar-refractivity contribution in [2.75, 3.05) is 39.3 Å². The number of halogens is 1. The summed E-state index contributed by atoms with van der Waals surface area (Å²) in [5, 5.41) is 6.67. The summed E-state index contributed by atoms with van der Waals surface area (Å²) >= 11 is 4.86. The molecule has 2 aromatic rings. The maximum Gasteiger partial charge on any atom is 0.255 e. The van der Waals surface area contributed by atoms with Gasteiger partial charge in [0.05, 0.1) is 5.56 Å². The van der Waals surface area contributed by atoms with Crippen molar-refractivity contribution in [3.63, 3.8) is 0 Å². The molecular weight excluding hydrogens is 404 g/mol. The molecule has 132 valence electrons. The number of nitrogens with zero attached hydrogens (tertiary/aromatic N) is 3. The van der Waals surface area contributed by atoms with Crippen molar-refractivity contribution < 1.29 is 9.59 Å². The van der Waals surface area contributed by atoms with Crippen LogP contribution in [-0.4, -0.2) is 65.9 Å². The molecule has 1 aliphatic heterocycles. The number of thiophene rings is 1. The number of amides is 2. The number of hydrogen-bond acceptors (Lipinski definition) is 5. The van der Waals surface area contributed by atoms with E-state index >= 15 is 0 Å². The zero-order valence-corrected chi connectivity index (χ0v) is 16.1. The van der Waals surface area contributed by atoms with Crippen LogP contribution in [0.3, 0.4) is 0 Å². The molecule has 0 radical (unpaired) electrons. The van der Waals surface area contributed by atoms with E-state index in [-0.39, 0.29) is 11.8 Å². The highest BCUT2D eigenvalue weighted by molar-refractivity contribution is 9.10. The maximum atomic E-state index is 12.5. The third-order valence-corrected chi connectivity index (χ3v) is 5.23. The standard InChI is InChI=1S/C17H19BrN4O2S/c18-15-9-14(10-19-11-15)17(24)22-6-4-21(5-7-22)3-2-20-16(23)13-1-8-25-12-13/h1,8-12H,2-7H2,(H,20,23). The molecule has 0 aliphatic carbocycles. The Balaban J connectivity index is 1.41. The first-order valence-electron chi connectivity index (χ1n) is 8.06. The van der Waals surface area contributed by atoms with E-state index in [1.807, 2.05) is 21.7 Å². The van der Waals surface area contributed by atoms with E-state index in [0.29, 0.717) is 30.8 Å². The van der Waals surface area contributed by atoms with Crippen molar-refractivity contribution in [3.05, 3.63) is 50.9 Å². The summed E-state index contributed by atoms with van der Waals surface area (Å²) in [5.41, 5.74) is 1.31. The number of aromatic nitrogens is 1. The molecule has 25 heavy (non-hydrogen) atoms. The van der Waals surface area contributed by atoms with Crippen LogP contribution in [0.15, 0.2) is 39.8 Å². The number of carbonyl (C=O) groups excluding carboxylic acids is 2. The monoisotopic (exact) mass is 422 g/mol. The Morgan fingerprint density at radius 1 is 1.20 bits per heavy atom. The fourth-order valence-electron chi connectivity index (χ4n) is 2.71. The normalized spacial score (nSPS) is 15.2. The van der Waals surface area contributed by atoms with E-state index in [0.717, 1.165) is 24.1 Å². The van der Waals surface area contributed by atoms with Crippen LogP contribution in [0, 0.1) is 0 Å². The smallest absolute Gasteiger partial charge is 0.255 e. The molecule has 0 saturated carbocycles. The van der Waals surface area contributed by atoms with E-state index in [4.69, 9.17) is 0 Å². The van der Waals surface area contributed by atoms with Gasteiger partial charge >= 0.3 is 0 Å². The summed E-state index contributed by atoms with van der Waals surface area (Å²) in [6.45, 7) is 4.38. The molecule has 2 amide bonds. The van der Waals surface area contributed by atoms with Crippen LogP contribution >= 0.6 is 27.3 Å². The van der Waals surface area contributed by atoms with Gasteiger partial charge in [-0.05, 0) is 33.4 Å². The summed E-state index contributed by atoms with van der Waals surface area (Å²) in [6, 6.07) is 3.61. The Morgan fingerprint density at radius 3 is 2.68 bits per heavy atom. The van der Waals surface area contributed by atoms with Crippen molar-refractivity contribution in [1.82, 2.24) is 20.1 Å². The summed E-state index contributed by atoms with van der Waals surface area (Å²) in [6.07, 6.45) is 3.26. The van der Waals surface area contributed by atoms with Gasteiger partial charge in [-0.25, -0.2) is 0 Å². The van der Waals surface area contributed by atoms with Crippen LogP contribution in [0.4, 0.5) is 0 Å². The predicted molar refractivity (Wildman–Crippen MR) is 101 cm³/mol. The summed E-state index contributed by atoms with van der Waals surface area (Å²) in [5.74, 6) is -0.0172. The average Bonchev–Trinajstić information content (AvgIpc) is 3.16. The zero-order valence-electron chi connectivity index (χ0n) is 13.7. The molecular formula is C17H19BrN4O2S. The SMILES string of the molecule is O=C(NCCN1CCN(C(=O)c2cncc(Br)c2)CC1)c1ccsc1. The first kappa shape index (κ1) is 18.0. The summed E-state index contributed by atoms with van der Waals surface area (Å²) < 4.78 is 0.804. The predicted octanol–water partition coefficient (Wildman–Crippen LogP) is 2.09. The van der Waals surface area contributed by atoms with Gasteiger partial charge < -0.3 is 10.2 Å². The topological polar surface area (TPSA) is 65.5 Å². The minimum atomic E-state index is -0.0304. The van der Waals surface area contributed by atoms with E-state index in [1.54, 1.807) is 18.5 Å². The Labute approximate surface area is 159 Å². The first-order chi connectivity index (χ1) is 12.1. The lowest BCUT2D eigenvalue weighted by Gasteiger charge is -2.34.